The molecule has 2 rings (SSSR count). The zero-order valence-electron chi connectivity index (χ0n) is 11.0. The number of hydrogen-bond donors (Lipinski definition) is 1. The molecule has 0 radical (unpaired) electrons. The lowest BCUT2D eigenvalue weighted by atomic mass is 10.0. The van der Waals surface area contributed by atoms with E-state index in [1.54, 1.807) is 0 Å². The highest BCUT2D eigenvalue weighted by Gasteiger charge is 2.27. The quantitative estimate of drug-likeness (QED) is 0.840. The van der Waals surface area contributed by atoms with Crippen LogP contribution in [0.25, 0.3) is 0 Å². The molecular weight excluding hydrogens is 208 g/mol. The van der Waals surface area contributed by atoms with E-state index >= 15 is 0 Å². The SMILES string of the molecule is CCCC(c1ccccc1)N1CCC(NC)C1. The lowest BCUT2D eigenvalue weighted by Gasteiger charge is -2.28. The maximum Gasteiger partial charge on any atom is 0.0348 e. The van der Waals surface area contributed by atoms with Crippen LogP contribution in [0.2, 0.25) is 0 Å². The van der Waals surface area contributed by atoms with Crippen molar-refractivity contribution in [1.82, 2.24) is 10.2 Å². The molecule has 0 amide bonds. The van der Waals surface area contributed by atoms with Crippen LogP contribution in [-0.4, -0.2) is 31.1 Å². The van der Waals surface area contributed by atoms with Gasteiger partial charge in [0.1, 0.15) is 0 Å². The highest BCUT2D eigenvalue weighted by molar-refractivity contribution is 5.19. The summed E-state index contributed by atoms with van der Waals surface area (Å²) in [6.07, 6.45) is 3.80. The first kappa shape index (κ1) is 12.6. The molecule has 2 heteroatoms. The smallest absolute Gasteiger partial charge is 0.0348 e. The van der Waals surface area contributed by atoms with Gasteiger partial charge in [-0.25, -0.2) is 0 Å². The Kier molecular flexibility index (Phi) is 4.57. The third-order valence-corrected chi connectivity index (χ3v) is 3.82. The van der Waals surface area contributed by atoms with Crippen LogP contribution in [0.5, 0.6) is 0 Å². The first-order valence-electron chi connectivity index (χ1n) is 6.81. The van der Waals surface area contributed by atoms with E-state index in [1.807, 2.05) is 0 Å². The Morgan fingerprint density at radius 2 is 2.12 bits per heavy atom. The van der Waals surface area contributed by atoms with Crippen molar-refractivity contribution in [2.45, 2.75) is 38.3 Å². The van der Waals surface area contributed by atoms with Crippen LogP contribution in [0.1, 0.15) is 37.8 Å². The third-order valence-electron chi connectivity index (χ3n) is 3.82. The minimum absolute atomic E-state index is 0.611. The molecule has 1 aliphatic rings. The van der Waals surface area contributed by atoms with E-state index in [4.69, 9.17) is 0 Å². The molecular formula is C15H24N2. The normalized spacial score (nSPS) is 22.8. The van der Waals surface area contributed by atoms with Crippen LogP contribution in [0.4, 0.5) is 0 Å². The summed E-state index contributed by atoms with van der Waals surface area (Å²) in [6.45, 7) is 4.70. The summed E-state index contributed by atoms with van der Waals surface area (Å²) >= 11 is 0. The molecule has 1 aromatic carbocycles. The molecule has 2 unspecified atom stereocenters. The summed E-state index contributed by atoms with van der Waals surface area (Å²) in [7, 11) is 2.07. The van der Waals surface area contributed by atoms with Gasteiger partial charge in [-0.05, 0) is 25.5 Å². The number of benzene rings is 1. The molecule has 1 aromatic rings. The standard InChI is InChI=1S/C15H24N2/c1-3-7-15(13-8-5-4-6-9-13)17-11-10-14(12-17)16-2/h4-6,8-9,14-16H,3,7,10-12H2,1-2H3. The van der Waals surface area contributed by atoms with Crippen molar-refractivity contribution in [2.75, 3.05) is 20.1 Å². The molecule has 0 bridgehead atoms. The van der Waals surface area contributed by atoms with Gasteiger partial charge in [0.25, 0.3) is 0 Å². The number of rotatable bonds is 5. The minimum atomic E-state index is 0.611. The Labute approximate surface area is 105 Å². The van der Waals surface area contributed by atoms with E-state index in [-0.39, 0.29) is 0 Å². The van der Waals surface area contributed by atoms with Gasteiger partial charge in [0.05, 0.1) is 0 Å². The molecule has 0 spiro atoms. The second kappa shape index (κ2) is 6.18. The molecule has 1 saturated heterocycles. The molecule has 1 heterocycles. The summed E-state index contributed by atoms with van der Waals surface area (Å²) in [5.41, 5.74) is 1.48. The van der Waals surface area contributed by atoms with Crippen LogP contribution >= 0.6 is 0 Å². The van der Waals surface area contributed by atoms with Crippen LogP contribution in [-0.2, 0) is 0 Å². The fourth-order valence-electron chi connectivity index (χ4n) is 2.81. The molecule has 17 heavy (non-hydrogen) atoms. The summed E-state index contributed by atoms with van der Waals surface area (Å²) in [5, 5.41) is 3.40. The number of likely N-dealkylation sites (N-methyl/N-ethyl adjacent to an activating group) is 1. The Morgan fingerprint density at radius 1 is 1.35 bits per heavy atom. The van der Waals surface area contributed by atoms with Crippen molar-refractivity contribution >= 4 is 0 Å². The van der Waals surface area contributed by atoms with Gasteiger partial charge in [0.15, 0.2) is 0 Å². The average molecular weight is 232 g/mol. The van der Waals surface area contributed by atoms with Crippen LogP contribution in [0, 0.1) is 0 Å². The Balaban J connectivity index is 2.08. The number of likely N-dealkylation sites (tertiary alicyclic amines) is 1. The molecule has 1 N–H and O–H groups in total. The van der Waals surface area contributed by atoms with Gasteiger partial charge in [0, 0.05) is 25.2 Å². The predicted molar refractivity (Wildman–Crippen MR) is 73.1 cm³/mol. The van der Waals surface area contributed by atoms with E-state index in [0.717, 1.165) is 0 Å². The molecule has 1 fully saturated rings. The number of nitrogens with zero attached hydrogens (tertiary/aromatic N) is 1. The largest absolute Gasteiger partial charge is 0.316 e. The lowest BCUT2D eigenvalue weighted by molar-refractivity contribution is 0.227. The number of hydrogen-bond acceptors (Lipinski definition) is 2. The Hall–Kier alpha value is -0.860. The zero-order valence-corrected chi connectivity index (χ0v) is 11.0. The maximum atomic E-state index is 3.40. The Morgan fingerprint density at radius 3 is 2.71 bits per heavy atom. The number of nitrogens with one attached hydrogen (secondary N) is 1. The monoisotopic (exact) mass is 232 g/mol. The summed E-state index contributed by atoms with van der Waals surface area (Å²) in [6, 6.07) is 12.2. The van der Waals surface area contributed by atoms with Crippen molar-refractivity contribution in [3.63, 3.8) is 0 Å². The van der Waals surface area contributed by atoms with Gasteiger partial charge in [-0.3, -0.25) is 4.90 Å². The van der Waals surface area contributed by atoms with Crippen molar-refractivity contribution < 1.29 is 0 Å². The van der Waals surface area contributed by atoms with Crippen molar-refractivity contribution in [3.8, 4) is 0 Å². The van der Waals surface area contributed by atoms with Gasteiger partial charge in [-0.2, -0.15) is 0 Å². The van der Waals surface area contributed by atoms with Crippen LogP contribution in [0.3, 0.4) is 0 Å². The summed E-state index contributed by atoms with van der Waals surface area (Å²) in [5.74, 6) is 0. The van der Waals surface area contributed by atoms with Gasteiger partial charge in [0.2, 0.25) is 0 Å². The first-order valence-corrected chi connectivity index (χ1v) is 6.81. The minimum Gasteiger partial charge on any atom is -0.316 e. The predicted octanol–water partition coefficient (Wildman–Crippen LogP) is 2.82. The van der Waals surface area contributed by atoms with Gasteiger partial charge >= 0.3 is 0 Å². The fourth-order valence-corrected chi connectivity index (χ4v) is 2.81. The summed E-state index contributed by atoms with van der Waals surface area (Å²) < 4.78 is 0. The van der Waals surface area contributed by atoms with Crippen molar-refractivity contribution in [2.24, 2.45) is 0 Å². The highest BCUT2D eigenvalue weighted by Crippen LogP contribution is 2.28. The van der Waals surface area contributed by atoms with E-state index in [0.29, 0.717) is 12.1 Å². The lowest BCUT2D eigenvalue weighted by Crippen LogP contribution is -2.32. The third kappa shape index (κ3) is 3.08. The average Bonchev–Trinajstić information content (AvgIpc) is 2.85. The van der Waals surface area contributed by atoms with Crippen molar-refractivity contribution in [1.29, 1.82) is 0 Å². The molecule has 1 aliphatic heterocycles. The molecule has 0 aromatic heterocycles. The van der Waals surface area contributed by atoms with Gasteiger partial charge < -0.3 is 5.32 Å². The zero-order chi connectivity index (χ0) is 12.1. The topological polar surface area (TPSA) is 15.3 Å². The van der Waals surface area contributed by atoms with Crippen LogP contribution in [0.15, 0.2) is 30.3 Å². The first-order chi connectivity index (χ1) is 8.35. The maximum absolute atomic E-state index is 3.40. The van der Waals surface area contributed by atoms with Crippen molar-refractivity contribution in [3.05, 3.63) is 35.9 Å². The molecule has 0 aliphatic carbocycles. The molecule has 94 valence electrons. The van der Waals surface area contributed by atoms with E-state index in [9.17, 15) is 0 Å². The highest BCUT2D eigenvalue weighted by atomic mass is 15.2. The van der Waals surface area contributed by atoms with E-state index in [2.05, 4.69) is 54.5 Å². The van der Waals surface area contributed by atoms with Gasteiger partial charge in [-0.1, -0.05) is 43.7 Å². The van der Waals surface area contributed by atoms with Gasteiger partial charge in [-0.15, -0.1) is 0 Å². The molecule has 0 saturated carbocycles. The molecule has 2 nitrogen and oxygen atoms in total. The summed E-state index contributed by atoms with van der Waals surface area (Å²) in [4.78, 5) is 2.64. The Bertz CT molecular complexity index is 323. The van der Waals surface area contributed by atoms with Crippen LogP contribution < -0.4 is 5.32 Å². The molecule has 2 atom stereocenters. The fraction of sp³-hybridized carbons (Fsp3) is 0.600. The second-order valence-electron chi connectivity index (χ2n) is 4.98. The van der Waals surface area contributed by atoms with E-state index < -0.39 is 0 Å². The van der Waals surface area contributed by atoms with E-state index in [1.165, 1.54) is 37.9 Å². The second-order valence-corrected chi connectivity index (χ2v) is 4.98.